The lowest BCUT2D eigenvalue weighted by molar-refractivity contribution is 0.0939. The van der Waals surface area contributed by atoms with Gasteiger partial charge in [-0.05, 0) is 61.9 Å². The van der Waals surface area contributed by atoms with Crippen molar-refractivity contribution in [2.45, 2.75) is 33.0 Å². The molecule has 0 saturated carbocycles. The van der Waals surface area contributed by atoms with Crippen LogP contribution in [-0.4, -0.2) is 15.7 Å². The molecule has 3 aromatic rings. The van der Waals surface area contributed by atoms with Crippen molar-refractivity contribution in [3.05, 3.63) is 82.6 Å². The maximum atomic E-state index is 12.6. The fourth-order valence-corrected chi connectivity index (χ4v) is 2.76. The summed E-state index contributed by atoms with van der Waals surface area (Å²) < 4.78 is 7.58. The Morgan fingerprint density at radius 3 is 2.70 bits per heavy atom. The summed E-state index contributed by atoms with van der Waals surface area (Å²) in [6, 6.07) is 16.4. The van der Waals surface area contributed by atoms with Crippen molar-refractivity contribution in [3.63, 3.8) is 0 Å². The summed E-state index contributed by atoms with van der Waals surface area (Å²) >= 11 is 5.87. The van der Waals surface area contributed by atoms with Gasteiger partial charge in [0.2, 0.25) is 0 Å². The third-order valence-electron chi connectivity index (χ3n) is 4.18. The van der Waals surface area contributed by atoms with Crippen LogP contribution in [-0.2, 0) is 13.2 Å². The SMILES string of the molecule is CCn1ccc(C(C)NC(=O)c2cccc(COc3ccc(Cl)cc3)c2)n1. The van der Waals surface area contributed by atoms with Gasteiger partial charge in [-0.25, -0.2) is 0 Å². The number of nitrogens with one attached hydrogen (secondary N) is 1. The van der Waals surface area contributed by atoms with E-state index in [9.17, 15) is 4.79 Å². The average molecular weight is 384 g/mol. The molecule has 27 heavy (non-hydrogen) atoms. The van der Waals surface area contributed by atoms with Gasteiger partial charge in [-0.3, -0.25) is 9.48 Å². The normalized spacial score (nSPS) is 11.8. The van der Waals surface area contributed by atoms with Crippen molar-refractivity contribution in [1.82, 2.24) is 15.1 Å². The van der Waals surface area contributed by atoms with Crippen LogP contribution in [0, 0.1) is 0 Å². The summed E-state index contributed by atoms with van der Waals surface area (Å²) in [4.78, 5) is 12.6. The number of halogens is 1. The second-order valence-electron chi connectivity index (χ2n) is 6.23. The molecular formula is C21H22ClN3O2. The highest BCUT2D eigenvalue weighted by atomic mass is 35.5. The molecule has 0 aliphatic heterocycles. The summed E-state index contributed by atoms with van der Waals surface area (Å²) in [6.45, 7) is 5.13. The molecule has 6 heteroatoms. The maximum absolute atomic E-state index is 12.6. The Labute approximate surface area is 163 Å². The van der Waals surface area contributed by atoms with Crippen LogP contribution in [0.25, 0.3) is 0 Å². The Morgan fingerprint density at radius 2 is 2.00 bits per heavy atom. The Morgan fingerprint density at radius 1 is 1.22 bits per heavy atom. The van der Waals surface area contributed by atoms with E-state index in [-0.39, 0.29) is 11.9 Å². The highest BCUT2D eigenvalue weighted by molar-refractivity contribution is 6.30. The topological polar surface area (TPSA) is 56.2 Å². The number of aryl methyl sites for hydroxylation is 1. The number of rotatable bonds is 7. The van der Waals surface area contributed by atoms with E-state index in [0.29, 0.717) is 17.2 Å². The number of benzene rings is 2. The zero-order valence-corrected chi connectivity index (χ0v) is 16.1. The van der Waals surface area contributed by atoms with Gasteiger partial charge in [0.15, 0.2) is 0 Å². The van der Waals surface area contributed by atoms with Crippen molar-refractivity contribution in [3.8, 4) is 5.75 Å². The van der Waals surface area contributed by atoms with Crippen molar-refractivity contribution in [1.29, 1.82) is 0 Å². The van der Waals surface area contributed by atoms with Gasteiger partial charge >= 0.3 is 0 Å². The fourth-order valence-electron chi connectivity index (χ4n) is 2.64. The smallest absolute Gasteiger partial charge is 0.251 e. The van der Waals surface area contributed by atoms with E-state index < -0.39 is 0 Å². The molecule has 0 bridgehead atoms. The molecule has 0 saturated heterocycles. The standard InChI is InChI=1S/C21H22ClN3O2/c1-3-25-12-11-20(24-25)15(2)23-21(26)17-6-4-5-16(13-17)14-27-19-9-7-18(22)8-10-19/h4-13,15H,3,14H2,1-2H3,(H,23,26). The van der Waals surface area contributed by atoms with Gasteiger partial charge in [0, 0.05) is 23.3 Å². The number of carbonyl (C=O) groups excluding carboxylic acids is 1. The molecule has 3 rings (SSSR count). The van der Waals surface area contributed by atoms with Crippen LogP contribution in [0.1, 0.15) is 41.5 Å². The van der Waals surface area contributed by atoms with Gasteiger partial charge in [0.05, 0.1) is 11.7 Å². The number of hydrogen-bond donors (Lipinski definition) is 1. The Hall–Kier alpha value is -2.79. The molecular weight excluding hydrogens is 362 g/mol. The highest BCUT2D eigenvalue weighted by Gasteiger charge is 2.14. The lowest BCUT2D eigenvalue weighted by atomic mass is 10.1. The summed E-state index contributed by atoms with van der Waals surface area (Å²) in [6.07, 6.45) is 1.91. The van der Waals surface area contributed by atoms with Crippen LogP contribution in [0.4, 0.5) is 0 Å². The zero-order valence-electron chi connectivity index (χ0n) is 15.4. The number of amides is 1. The molecule has 2 aromatic carbocycles. The predicted molar refractivity (Wildman–Crippen MR) is 106 cm³/mol. The minimum atomic E-state index is -0.167. The summed E-state index contributed by atoms with van der Waals surface area (Å²) in [7, 11) is 0. The van der Waals surface area contributed by atoms with Gasteiger partial charge in [-0.15, -0.1) is 0 Å². The van der Waals surface area contributed by atoms with Gasteiger partial charge in [-0.1, -0.05) is 23.7 Å². The molecule has 1 amide bonds. The molecule has 0 aliphatic carbocycles. The number of carbonyl (C=O) groups is 1. The molecule has 0 spiro atoms. The van der Waals surface area contributed by atoms with E-state index in [2.05, 4.69) is 10.4 Å². The largest absolute Gasteiger partial charge is 0.489 e. The molecule has 1 unspecified atom stereocenters. The number of hydrogen-bond acceptors (Lipinski definition) is 3. The van der Waals surface area contributed by atoms with E-state index in [1.165, 1.54) is 0 Å². The van der Waals surface area contributed by atoms with Crippen LogP contribution >= 0.6 is 11.6 Å². The molecule has 5 nitrogen and oxygen atoms in total. The number of nitrogens with zero attached hydrogens (tertiary/aromatic N) is 2. The summed E-state index contributed by atoms with van der Waals surface area (Å²) in [5.41, 5.74) is 2.35. The van der Waals surface area contributed by atoms with Gasteiger partial charge in [-0.2, -0.15) is 5.10 Å². The molecule has 140 valence electrons. The van der Waals surface area contributed by atoms with Crippen molar-refractivity contribution >= 4 is 17.5 Å². The van der Waals surface area contributed by atoms with E-state index in [0.717, 1.165) is 23.6 Å². The first-order valence-electron chi connectivity index (χ1n) is 8.86. The van der Waals surface area contributed by atoms with Crippen molar-refractivity contribution in [2.75, 3.05) is 0 Å². The quantitative estimate of drug-likeness (QED) is 0.647. The van der Waals surface area contributed by atoms with Crippen LogP contribution in [0.15, 0.2) is 60.8 Å². The van der Waals surface area contributed by atoms with E-state index in [1.807, 2.05) is 61.1 Å². The second kappa shape index (κ2) is 8.73. The van der Waals surface area contributed by atoms with Crippen LogP contribution in [0.5, 0.6) is 5.75 Å². The van der Waals surface area contributed by atoms with Gasteiger partial charge in [0.1, 0.15) is 12.4 Å². The molecule has 1 heterocycles. The van der Waals surface area contributed by atoms with E-state index >= 15 is 0 Å². The third kappa shape index (κ3) is 5.11. The highest BCUT2D eigenvalue weighted by Crippen LogP contribution is 2.17. The minimum absolute atomic E-state index is 0.137. The molecule has 0 fully saturated rings. The Balaban J connectivity index is 1.61. The predicted octanol–water partition coefficient (Wildman–Crippen LogP) is 4.63. The van der Waals surface area contributed by atoms with Crippen molar-refractivity contribution in [2.24, 2.45) is 0 Å². The molecule has 0 aliphatic rings. The third-order valence-corrected chi connectivity index (χ3v) is 4.44. The zero-order chi connectivity index (χ0) is 19.2. The molecule has 1 aromatic heterocycles. The lowest BCUT2D eigenvalue weighted by Gasteiger charge is -2.13. The van der Waals surface area contributed by atoms with Crippen LogP contribution < -0.4 is 10.1 Å². The fraction of sp³-hybridized carbons (Fsp3) is 0.238. The Kier molecular flexibility index (Phi) is 6.14. The van der Waals surface area contributed by atoms with E-state index in [4.69, 9.17) is 16.3 Å². The van der Waals surface area contributed by atoms with Gasteiger partial charge in [0.25, 0.3) is 5.91 Å². The number of ether oxygens (including phenoxy) is 1. The average Bonchev–Trinajstić information content (AvgIpc) is 3.17. The van der Waals surface area contributed by atoms with Crippen LogP contribution in [0.3, 0.4) is 0 Å². The minimum Gasteiger partial charge on any atom is -0.489 e. The summed E-state index contributed by atoms with van der Waals surface area (Å²) in [5, 5.41) is 8.09. The number of aromatic nitrogens is 2. The first-order chi connectivity index (χ1) is 13.0. The van der Waals surface area contributed by atoms with Crippen molar-refractivity contribution < 1.29 is 9.53 Å². The first-order valence-corrected chi connectivity index (χ1v) is 9.24. The molecule has 0 radical (unpaired) electrons. The Bertz CT molecular complexity index is 906. The summed E-state index contributed by atoms with van der Waals surface area (Å²) in [5.74, 6) is 0.594. The molecule has 1 N–H and O–H groups in total. The molecule has 1 atom stereocenters. The lowest BCUT2D eigenvalue weighted by Crippen LogP contribution is -2.27. The van der Waals surface area contributed by atoms with Crippen LogP contribution in [0.2, 0.25) is 5.02 Å². The first kappa shape index (κ1) is 19.0. The van der Waals surface area contributed by atoms with Gasteiger partial charge < -0.3 is 10.1 Å². The second-order valence-corrected chi connectivity index (χ2v) is 6.67. The van der Waals surface area contributed by atoms with E-state index in [1.54, 1.807) is 18.2 Å². The maximum Gasteiger partial charge on any atom is 0.251 e. The monoisotopic (exact) mass is 383 g/mol.